The van der Waals surface area contributed by atoms with Gasteiger partial charge in [-0.25, -0.2) is 4.90 Å². The number of carbonyl (C=O) groups excluding carboxylic acids is 3. The number of ether oxygens (including phenoxy) is 1. The number of alkyl halides is 1. The van der Waals surface area contributed by atoms with Crippen molar-refractivity contribution < 1.29 is 24.0 Å². The van der Waals surface area contributed by atoms with Gasteiger partial charge in [0.25, 0.3) is 5.69 Å². The highest BCUT2D eigenvalue weighted by atomic mass is 79.9. The number of benzene rings is 2. The molecule has 0 N–H and O–H groups in total. The standard InChI is InChI=1S/C19H12BrClN2O6/c1-29-17(26)19(20)14-15(24)22(12-7-5-11(21)6-8-12)16(25)18(14,19)10-3-2-4-13(9-10)23(27)28/h2-9,14H,1H3/t14-,18-,19-/m0/s1. The van der Waals surface area contributed by atoms with Crippen molar-refractivity contribution in [3.05, 3.63) is 69.2 Å². The molecule has 29 heavy (non-hydrogen) atoms. The summed E-state index contributed by atoms with van der Waals surface area (Å²) in [6.07, 6.45) is 0. The van der Waals surface area contributed by atoms with Gasteiger partial charge in [0.15, 0.2) is 4.32 Å². The predicted molar refractivity (Wildman–Crippen MR) is 106 cm³/mol. The van der Waals surface area contributed by atoms with E-state index in [-0.39, 0.29) is 11.3 Å². The van der Waals surface area contributed by atoms with Gasteiger partial charge in [-0.1, -0.05) is 39.7 Å². The van der Waals surface area contributed by atoms with E-state index >= 15 is 0 Å². The van der Waals surface area contributed by atoms with Gasteiger partial charge >= 0.3 is 5.97 Å². The fraction of sp³-hybridized carbons (Fsp3) is 0.211. The maximum absolute atomic E-state index is 13.5. The molecule has 2 aliphatic rings. The Morgan fingerprint density at radius 2 is 1.90 bits per heavy atom. The summed E-state index contributed by atoms with van der Waals surface area (Å²) in [4.78, 5) is 50.9. The molecule has 2 amide bonds. The van der Waals surface area contributed by atoms with Crippen molar-refractivity contribution in [3.63, 3.8) is 0 Å². The molecule has 8 nitrogen and oxygen atoms in total. The second-order valence-corrected chi connectivity index (χ2v) is 8.39. The molecule has 0 unspecified atom stereocenters. The van der Waals surface area contributed by atoms with Crippen molar-refractivity contribution in [1.29, 1.82) is 0 Å². The summed E-state index contributed by atoms with van der Waals surface area (Å²) in [5.74, 6) is -3.18. The van der Waals surface area contributed by atoms with Crippen LogP contribution in [0, 0.1) is 16.0 Å². The zero-order valence-corrected chi connectivity index (χ0v) is 17.1. The Labute approximate surface area is 177 Å². The van der Waals surface area contributed by atoms with Crippen LogP contribution in [0.25, 0.3) is 0 Å². The highest BCUT2D eigenvalue weighted by Gasteiger charge is 2.92. The number of carbonyl (C=O) groups is 3. The first kappa shape index (κ1) is 19.5. The third-order valence-corrected chi connectivity index (χ3v) is 7.07. The molecule has 1 heterocycles. The van der Waals surface area contributed by atoms with E-state index in [2.05, 4.69) is 15.9 Å². The molecule has 10 heteroatoms. The van der Waals surface area contributed by atoms with Crippen LogP contribution in [0.5, 0.6) is 0 Å². The quantitative estimate of drug-likeness (QED) is 0.219. The van der Waals surface area contributed by atoms with E-state index in [1.807, 2.05) is 0 Å². The highest BCUT2D eigenvalue weighted by Crippen LogP contribution is 2.73. The normalized spacial score (nSPS) is 27.6. The lowest BCUT2D eigenvalue weighted by atomic mass is 9.91. The van der Waals surface area contributed by atoms with E-state index in [0.29, 0.717) is 10.7 Å². The van der Waals surface area contributed by atoms with Crippen LogP contribution in [-0.2, 0) is 24.5 Å². The Hall–Kier alpha value is -2.78. The monoisotopic (exact) mass is 478 g/mol. The van der Waals surface area contributed by atoms with Crippen molar-refractivity contribution in [2.75, 3.05) is 12.0 Å². The number of hydrogen-bond donors (Lipinski definition) is 0. The molecular weight excluding hydrogens is 468 g/mol. The molecule has 2 aromatic rings. The summed E-state index contributed by atoms with van der Waals surface area (Å²) in [5, 5.41) is 11.7. The number of piperidine rings is 1. The van der Waals surface area contributed by atoms with Gasteiger partial charge in [-0.3, -0.25) is 24.5 Å². The molecule has 3 atom stereocenters. The fourth-order valence-corrected chi connectivity index (χ4v) is 5.45. The molecule has 1 saturated carbocycles. The zero-order valence-electron chi connectivity index (χ0n) is 14.8. The minimum absolute atomic E-state index is 0.189. The first-order valence-corrected chi connectivity index (χ1v) is 9.54. The number of halogens is 2. The number of rotatable bonds is 4. The number of methoxy groups -OCH3 is 1. The number of nitro benzene ring substituents is 1. The smallest absolute Gasteiger partial charge is 0.324 e. The minimum atomic E-state index is -1.65. The Morgan fingerprint density at radius 1 is 1.24 bits per heavy atom. The molecule has 148 valence electrons. The Balaban J connectivity index is 1.90. The summed E-state index contributed by atoms with van der Waals surface area (Å²) in [5.41, 5.74) is -1.43. The Kier molecular flexibility index (Phi) is 4.29. The molecule has 0 bridgehead atoms. The second kappa shape index (κ2) is 6.36. The average molecular weight is 480 g/mol. The minimum Gasteiger partial charge on any atom is -0.468 e. The van der Waals surface area contributed by atoms with E-state index in [4.69, 9.17) is 16.3 Å². The number of nitro groups is 1. The molecule has 4 rings (SSSR count). The topological polar surface area (TPSA) is 107 Å². The lowest BCUT2D eigenvalue weighted by Crippen LogP contribution is -2.46. The van der Waals surface area contributed by atoms with Crippen LogP contribution in [0.1, 0.15) is 5.56 Å². The van der Waals surface area contributed by atoms with Gasteiger partial charge in [-0.2, -0.15) is 0 Å². The van der Waals surface area contributed by atoms with Gasteiger partial charge in [-0.05, 0) is 29.8 Å². The van der Waals surface area contributed by atoms with Crippen molar-refractivity contribution in [3.8, 4) is 0 Å². The highest BCUT2D eigenvalue weighted by molar-refractivity contribution is 9.10. The number of anilines is 1. The van der Waals surface area contributed by atoms with E-state index in [1.54, 1.807) is 0 Å². The van der Waals surface area contributed by atoms with Crippen molar-refractivity contribution >= 4 is 56.7 Å². The number of fused-ring (bicyclic) bond motifs is 1. The number of amides is 2. The summed E-state index contributed by atoms with van der Waals surface area (Å²) < 4.78 is 3.19. The van der Waals surface area contributed by atoms with Crippen LogP contribution >= 0.6 is 27.5 Å². The number of hydrogen-bond acceptors (Lipinski definition) is 6. The van der Waals surface area contributed by atoms with Crippen molar-refractivity contribution in [2.24, 2.45) is 5.92 Å². The van der Waals surface area contributed by atoms with E-state index in [1.165, 1.54) is 48.5 Å². The molecule has 1 saturated heterocycles. The van der Waals surface area contributed by atoms with E-state index < -0.39 is 38.4 Å². The molecule has 0 radical (unpaired) electrons. The zero-order chi connectivity index (χ0) is 21.1. The largest absolute Gasteiger partial charge is 0.468 e. The molecule has 0 spiro atoms. The van der Waals surface area contributed by atoms with Crippen LogP contribution < -0.4 is 4.90 Å². The molecule has 0 aromatic heterocycles. The summed E-state index contributed by atoms with van der Waals surface area (Å²) >= 11 is 9.16. The predicted octanol–water partition coefficient (Wildman–Crippen LogP) is 3.00. The van der Waals surface area contributed by atoms with Gasteiger partial charge in [0.05, 0.1) is 23.6 Å². The lowest BCUT2D eigenvalue weighted by Gasteiger charge is -2.25. The van der Waals surface area contributed by atoms with Crippen molar-refractivity contribution in [1.82, 2.24) is 0 Å². The van der Waals surface area contributed by atoms with Gasteiger partial charge in [0.2, 0.25) is 11.8 Å². The summed E-state index contributed by atoms with van der Waals surface area (Å²) in [6, 6.07) is 11.5. The maximum Gasteiger partial charge on any atom is 0.324 e. The van der Waals surface area contributed by atoms with Crippen LogP contribution in [0.15, 0.2) is 48.5 Å². The molecule has 1 aliphatic heterocycles. The van der Waals surface area contributed by atoms with Crippen molar-refractivity contribution in [2.45, 2.75) is 9.74 Å². The average Bonchev–Trinajstić information content (AvgIpc) is 3.21. The molecule has 2 fully saturated rings. The first-order chi connectivity index (χ1) is 13.7. The van der Waals surface area contributed by atoms with Crippen LogP contribution in [-0.4, -0.2) is 34.1 Å². The summed E-state index contributed by atoms with van der Waals surface area (Å²) in [6.45, 7) is 0. The van der Waals surface area contributed by atoms with Crippen LogP contribution in [0.4, 0.5) is 11.4 Å². The first-order valence-electron chi connectivity index (χ1n) is 8.37. The number of imide groups is 1. The second-order valence-electron chi connectivity index (χ2n) is 6.71. The summed E-state index contributed by atoms with van der Waals surface area (Å²) in [7, 11) is 1.15. The Morgan fingerprint density at radius 3 is 2.48 bits per heavy atom. The number of non-ortho nitro benzene ring substituents is 1. The van der Waals surface area contributed by atoms with Crippen LogP contribution in [0.3, 0.4) is 0 Å². The van der Waals surface area contributed by atoms with Gasteiger partial charge in [0.1, 0.15) is 5.41 Å². The maximum atomic E-state index is 13.5. The third kappa shape index (κ3) is 2.34. The van der Waals surface area contributed by atoms with E-state index in [9.17, 15) is 24.5 Å². The Bertz CT molecular complexity index is 1090. The van der Waals surface area contributed by atoms with Gasteiger partial charge in [0, 0.05) is 17.2 Å². The van der Waals surface area contributed by atoms with Gasteiger partial charge in [-0.15, -0.1) is 0 Å². The number of nitrogens with zero attached hydrogens (tertiary/aromatic N) is 2. The molecule has 1 aliphatic carbocycles. The number of esters is 1. The third-order valence-electron chi connectivity index (χ3n) is 5.41. The van der Waals surface area contributed by atoms with E-state index in [0.717, 1.165) is 12.0 Å². The fourth-order valence-electron chi connectivity index (χ4n) is 4.11. The van der Waals surface area contributed by atoms with Gasteiger partial charge < -0.3 is 4.74 Å². The van der Waals surface area contributed by atoms with Crippen LogP contribution in [0.2, 0.25) is 5.02 Å². The SMILES string of the molecule is COC(=O)[C@@]1(Br)[C@H]2C(=O)N(c3ccc(Cl)cc3)C(=O)[C@]21c1cccc([N+](=O)[O-])c1. The molecule has 2 aromatic carbocycles. The lowest BCUT2D eigenvalue weighted by molar-refractivity contribution is -0.384. The molecular formula is C19H12BrClN2O6.